The van der Waals surface area contributed by atoms with Gasteiger partial charge >= 0.3 is 0 Å². The minimum atomic E-state index is -1.87. The average molecular weight is 377 g/mol. The molecule has 3 atom stereocenters. The zero-order valence-electron chi connectivity index (χ0n) is 15.5. The van der Waals surface area contributed by atoms with Crippen molar-refractivity contribution in [3.63, 3.8) is 0 Å². The Morgan fingerprint density at radius 2 is 1.81 bits per heavy atom. The Morgan fingerprint density at radius 3 is 2.38 bits per heavy atom. The Morgan fingerprint density at radius 1 is 1.12 bits per heavy atom. The third kappa shape index (κ3) is 3.14. The van der Waals surface area contributed by atoms with Crippen molar-refractivity contribution < 1.29 is 23.5 Å². The molecular formula is C18H23NO6Si. The van der Waals surface area contributed by atoms with E-state index >= 15 is 0 Å². The van der Waals surface area contributed by atoms with Crippen molar-refractivity contribution in [1.82, 2.24) is 4.98 Å². The largest absolute Gasteiger partial charge is 0.547 e. The number of hydrogen-bond donors (Lipinski definition) is 1. The molecule has 0 bridgehead atoms. The molecule has 0 radical (unpaired) electrons. The number of carbonyl (C=O) groups excluding carboxylic acids is 2. The van der Waals surface area contributed by atoms with Crippen LogP contribution in [0.2, 0.25) is 19.6 Å². The molecule has 2 aliphatic rings. The Bertz CT molecular complexity index is 850. The highest BCUT2D eigenvalue weighted by Gasteiger charge is 2.49. The van der Waals surface area contributed by atoms with Gasteiger partial charge in [0.25, 0.3) is 5.56 Å². The zero-order valence-corrected chi connectivity index (χ0v) is 16.5. The summed E-state index contributed by atoms with van der Waals surface area (Å²) in [5.74, 6) is -1.02. The lowest BCUT2D eigenvalue weighted by molar-refractivity contribution is 0.0323. The number of allylic oxidation sites excluding steroid dienone is 1. The summed E-state index contributed by atoms with van der Waals surface area (Å²) < 4.78 is 16.8. The summed E-state index contributed by atoms with van der Waals surface area (Å²) in [6, 6.07) is 1.19. The second kappa shape index (κ2) is 6.51. The van der Waals surface area contributed by atoms with Crippen molar-refractivity contribution >= 4 is 19.9 Å². The molecule has 7 nitrogen and oxygen atoms in total. The highest BCUT2D eigenvalue weighted by molar-refractivity contribution is 6.70. The molecule has 0 saturated heterocycles. The van der Waals surface area contributed by atoms with E-state index in [-0.39, 0.29) is 28.6 Å². The number of fused-ring (bicyclic) bond motifs is 2. The molecule has 1 aromatic rings. The van der Waals surface area contributed by atoms with E-state index in [1.165, 1.54) is 20.3 Å². The SMILES string of the molecule is COc1cc(=O)[nH]c2c1C(=O)[C@@H]1CC(O[Si](C)(C)C)=C[C@H](OC)[C@@H]1C2=O. The summed E-state index contributed by atoms with van der Waals surface area (Å²) in [7, 11) is 0.998. The molecule has 0 fully saturated rings. The number of pyridine rings is 1. The number of nitrogens with one attached hydrogen (secondary N) is 1. The van der Waals surface area contributed by atoms with Crippen LogP contribution in [0.3, 0.4) is 0 Å². The van der Waals surface area contributed by atoms with Gasteiger partial charge in [0.2, 0.25) is 8.32 Å². The van der Waals surface area contributed by atoms with Crippen LogP contribution in [0, 0.1) is 11.8 Å². The first-order valence-corrected chi connectivity index (χ1v) is 11.9. The van der Waals surface area contributed by atoms with Gasteiger partial charge in [-0.05, 0) is 25.7 Å². The van der Waals surface area contributed by atoms with Gasteiger partial charge in [0.15, 0.2) is 11.6 Å². The van der Waals surface area contributed by atoms with E-state index in [0.29, 0.717) is 12.2 Å². The molecule has 140 valence electrons. The fraction of sp³-hybridized carbons (Fsp3) is 0.500. The molecule has 1 N–H and O–H groups in total. The van der Waals surface area contributed by atoms with Gasteiger partial charge in [-0.25, -0.2) is 0 Å². The van der Waals surface area contributed by atoms with Gasteiger partial charge in [0.05, 0.1) is 36.1 Å². The van der Waals surface area contributed by atoms with Crippen molar-refractivity contribution in [2.75, 3.05) is 14.2 Å². The standard InChI is InChI=1S/C18H23NO6Si/c1-23-11-7-9(25-26(3,4)5)6-10-14(11)18(22)16-15(17(10)21)12(24-2)8-13(20)19-16/h7-8,10-11,14H,6H2,1-5H3,(H,19,20)/t10-,11+,14-/m1/s1. The minimum Gasteiger partial charge on any atom is -0.547 e. The maximum atomic E-state index is 13.2. The van der Waals surface area contributed by atoms with E-state index in [9.17, 15) is 14.4 Å². The van der Waals surface area contributed by atoms with Crippen LogP contribution >= 0.6 is 0 Å². The number of Topliss-reactive ketones (excluding diaryl/α,β-unsaturated/α-hetero) is 2. The van der Waals surface area contributed by atoms with Gasteiger partial charge in [0, 0.05) is 25.5 Å². The van der Waals surface area contributed by atoms with Gasteiger partial charge in [-0.3, -0.25) is 14.4 Å². The second-order valence-corrected chi connectivity index (χ2v) is 12.0. The Kier molecular flexibility index (Phi) is 4.66. The molecule has 8 heteroatoms. The van der Waals surface area contributed by atoms with Gasteiger partial charge < -0.3 is 18.9 Å². The van der Waals surface area contributed by atoms with Crippen molar-refractivity contribution in [1.29, 1.82) is 0 Å². The number of H-pyrrole nitrogens is 1. The fourth-order valence-corrected chi connectivity index (χ4v) is 4.62. The molecule has 0 spiro atoms. The predicted molar refractivity (Wildman–Crippen MR) is 97.2 cm³/mol. The molecule has 0 saturated carbocycles. The first-order valence-electron chi connectivity index (χ1n) is 8.48. The maximum Gasteiger partial charge on any atom is 0.252 e. The molecule has 2 aliphatic carbocycles. The number of aromatic nitrogens is 1. The average Bonchev–Trinajstić information content (AvgIpc) is 2.56. The third-order valence-electron chi connectivity index (χ3n) is 4.63. The van der Waals surface area contributed by atoms with Gasteiger partial charge in [-0.1, -0.05) is 0 Å². The van der Waals surface area contributed by atoms with Crippen molar-refractivity contribution in [3.05, 3.63) is 39.5 Å². The Labute approximate surface area is 152 Å². The van der Waals surface area contributed by atoms with E-state index in [4.69, 9.17) is 13.9 Å². The van der Waals surface area contributed by atoms with Crippen LogP contribution in [0.4, 0.5) is 0 Å². The molecule has 0 aromatic carbocycles. The molecule has 26 heavy (non-hydrogen) atoms. The summed E-state index contributed by atoms with van der Waals surface area (Å²) in [5.41, 5.74) is -0.337. The highest BCUT2D eigenvalue weighted by atomic mass is 28.4. The first-order chi connectivity index (χ1) is 12.2. The number of hydrogen-bond acceptors (Lipinski definition) is 6. The summed E-state index contributed by atoms with van der Waals surface area (Å²) in [5, 5.41) is 0. The summed E-state index contributed by atoms with van der Waals surface area (Å²) in [6.07, 6.45) is 1.54. The van der Waals surface area contributed by atoms with Crippen molar-refractivity contribution in [2.45, 2.75) is 32.2 Å². The van der Waals surface area contributed by atoms with Crippen LogP contribution in [0.25, 0.3) is 0 Å². The summed E-state index contributed by atoms with van der Waals surface area (Å²) in [4.78, 5) is 40.6. The van der Waals surface area contributed by atoms with E-state index in [1.54, 1.807) is 6.08 Å². The van der Waals surface area contributed by atoms with E-state index in [1.807, 2.05) is 0 Å². The lowest BCUT2D eigenvalue weighted by atomic mass is 9.69. The van der Waals surface area contributed by atoms with E-state index < -0.39 is 31.8 Å². The molecular weight excluding hydrogens is 354 g/mol. The van der Waals surface area contributed by atoms with Gasteiger partial charge in [-0.2, -0.15) is 0 Å². The van der Waals surface area contributed by atoms with Crippen molar-refractivity contribution in [3.8, 4) is 5.75 Å². The number of aromatic amines is 1. The number of rotatable bonds is 4. The lowest BCUT2D eigenvalue weighted by Crippen LogP contribution is -2.47. The summed E-state index contributed by atoms with van der Waals surface area (Å²) in [6.45, 7) is 6.16. The smallest absolute Gasteiger partial charge is 0.252 e. The Hall–Kier alpha value is -2.19. The highest BCUT2D eigenvalue weighted by Crippen LogP contribution is 2.42. The van der Waals surface area contributed by atoms with E-state index in [2.05, 4.69) is 24.6 Å². The minimum absolute atomic E-state index is 0.00520. The van der Waals surface area contributed by atoms with Gasteiger partial charge in [-0.15, -0.1) is 0 Å². The van der Waals surface area contributed by atoms with Crippen LogP contribution in [0.15, 0.2) is 22.7 Å². The second-order valence-electron chi connectivity index (χ2n) is 7.56. The number of carbonyl (C=O) groups is 2. The van der Waals surface area contributed by atoms with Crippen LogP contribution in [-0.4, -0.2) is 45.2 Å². The normalized spacial score (nSPS) is 25.3. The molecule has 1 heterocycles. The Balaban J connectivity index is 2.10. The molecule has 0 unspecified atom stereocenters. The van der Waals surface area contributed by atoms with Crippen LogP contribution in [-0.2, 0) is 9.16 Å². The quantitative estimate of drug-likeness (QED) is 0.808. The van der Waals surface area contributed by atoms with Crippen molar-refractivity contribution in [2.24, 2.45) is 11.8 Å². The number of ether oxygens (including phenoxy) is 2. The maximum absolute atomic E-state index is 13.2. The van der Waals surface area contributed by atoms with Crippen LogP contribution < -0.4 is 10.3 Å². The molecule has 0 amide bonds. The van der Waals surface area contributed by atoms with Crippen LogP contribution in [0.1, 0.15) is 27.3 Å². The molecule has 1 aromatic heterocycles. The summed E-state index contributed by atoms with van der Waals surface area (Å²) >= 11 is 0. The fourth-order valence-electron chi connectivity index (χ4n) is 3.68. The third-order valence-corrected chi connectivity index (χ3v) is 5.50. The van der Waals surface area contributed by atoms with Gasteiger partial charge in [0.1, 0.15) is 5.75 Å². The topological polar surface area (TPSA) is 94.7 Å². The number of ketones is 2. The molecule has 3 rings (SSSR count). The predicted octanol–water partition coefficient (Wildman–Crippen LogP) is 2.15. The first kappa shape index (κ1) is 18.6. The number of methoxy groups -OCH3 is 2. The van der Waals surface area contributed by atoms with Crippen LogP contribution in [0.5, 0.6) is 5.75 Å². The lowest BCUT2D eigenvalue weighted by Gasteiger charge is -2.39. The molecule has 0 aliphatic heterocycles. The zero-order chi connectivity index (χ0) is 19.2. The van der Waals surface area contributed by atoms with E-state index in [0.717, 1.165) is 0 Å². The monoisotopic (exact) mass is 377 g/mol.